The molecule has 0 radical (unpaired) electrons. The number of amides is 4. The van der Waals surface area contributed by atoms with E-state index >= 15 is 0 Å². The Kier molecular flexibility index (Phi) is 35.8. The largest absolute Gasteiger partial charge is 0.453 e. The number of nitrogens with zero attached hydrogens (tertiary/aromatic N) is 22. The van der Waals surface area contributed by atoms with Crippen LogP contribution in [0.4, 0.5) is 42.6 Å². The van der Waals surface area contributed by atoms with Crippen LogP contribution in [0, 0.1) is 106 Å². The lowest BCUT2D eigenvalue weighted by atomic mass is 9.72. The number of alkyl halides is 4. The molecule has 4 amide bonds. The molecule has 147 heavy (non-hydrogen) atoms. The molecule has 7 fully saturated rings. The normalized spacial score (nSPS) is 20.0. The van der Waals surface area contributed by atoms with Gasteiger partial charge in [0.25, 0.3) is 0 Å². The predicted octanol–water partition coefficient (Wildman–Crippen LogP) is 21.4. The van der Waals surface area contributed by atoms with Gasteiger partial charge >= 0.3 is 30.5 Å². The first-order valence-electron chi connectivity index (χ1n) is 52.5. The van der Waals surface area contributed by atoms with Crippen LogP contribution in [0.2, 0.25) is 0 Å². The van der Waals surface area contributed by atoms with Crippen LogP contribution in [0.25, 0.3) is 45.0 Å². The van der Waals surface area contributed by atoms with Gasteiger partial charge in [0.1, 0.15) is 70.0 Å². The lowest BCUT2D eigenvalue weighted by Gasteiger charge is -2.54. The highest BCUT2D eigenvalue weighted by Crippen LogP contribution is 2.48. The summed E-state index contributed by atoms with van der Waals surface area (Å²) in [7, 11) is 2.92. The topological polar surface area (TPSA) is 394 Å². The zero-order chi connectivity index (χ0) is 106. The second kappa shape index (κ2) is 47.6. The van der Waals surface area contributed by atoms with Gasteiger partial charge in [-0.25, -0.2) is 73.4 Å². The van der Waals surface area contributed by atoms with Gasteiger partial charge in [-0.05, 0) is 240 Å². The zero-order valence-electron chi connectivity index (χ0n) is 90.7. The van der Waals surface area contributed by atoms with Gasteiger partial charge in [0.15, 0.2) is 0 Å². The Balaban J connectivity index is 0.000000145. The highest BCUT2D eigenvalue weighted by Gasteiger charge is 2.49. The molecule has 18 rings (SSSR count). The first-order chi connectivity index (χ1) is 69.9. The molecule has 2 unspecified atom stereocenters. The first kappa shape index (κ1) is 111. The highest BCUT2D eigenvalue weighted by atomic mass is 19.4. The molecule has 8 aliphatic heterocycles. The molecular formula is C108H150F4N22O13. The lowest BCUT2D eigenvalue weighted by molar-refractivity contribution is -0.147. The van der Waals surface area contributed by atoms with E-state index in [1.807, 2.05) is 99.0 Å². The Hall–Kier alpha value is -12.1. The van der Waals surface area contributed by atoms with Gasteiger partial charge in [-0.3, -0.25) is 0 Å². The summed E-state index contributed by atoms with van der Waals surface area (Å²) in [5, 5.41) is 23.6. The van der Waals surface area contributed by atoms with E-state index in [0.29, 0.717) is 62.3 Å². The summed E-state index contributed by atoms with van der Waals surface area (Å²) in [4.78, 5) is 106. The number of piperidine rings is 3. The standard InChI is InChI=1S/C23H32N4O3.C22H31FN4O3.C22H31N5O3.C22H32N4O3.C19H24F3N5O/c1-12(2)22-24-19(13(3)21(25-22)20-14(4)26-30-15(20)5)11-16-9-17-7-8-18(10-16)27(17)23(28)29-6;1-7-29-22(28)27-9-8-16(17(23)11-27)10-18-13(4)20(25-21(24-18)12(2)3)19-14(5)26-30-15(19)6;1-13(2)19-23-18(17-15(4)25-30-16(17)5)14(3)20(24-19)27-11-22(12-27)7-9-26(10-8-22)21(28)29-6;1-7-28-22(27)26-12-8-9-17(26)10-11-18-14(4)20(24-21(23-18)13(2)3)19-15(5)25-29-16(19)6;1-11(2)17-23-14(7-12-4-6-28-10-12)9-15(24-17)13-3-5-27-16(8-13)25-26-18(27)19(20,21)22/h12,16-18H,7-11H2,1-6H3;12,16-17H,7-11H2,1-6H3;13H,7-12H2,1-6H3;13,17H,7-12H2,1-6H3;9,11-13H,3-8,10H2,1-2H3/t16?,17-,18+;16-,17-;;17-;12-,13?/m.0.10/s1. The van der Waals surface area contributed by atoms with E-state index in [-0.39, 0.29) is 103 Å². The maximum atomic E-state index is 15.0. The molecule has 10 aromatic heterocycles. The number of rotatable bonds is 22. The fraction of sp³-hybridized carbons (Fsp3) is 0.648. The molecule has 10 aromatic rings. The van der Waals surface area contributed by atoms with Crippen LogP contribution < -0.4 is 4.90 Å². The van der Waals surface area contributed by atoms with Crippen LogP contribution in [0.3, 0.4) is 0 Å². The summed E-state index contributed by atoms with van der Waals surface area (Å²) in [6.07, 6.45) is 8.04. The number of ether oxygens (including phenoxy) is 5. The lowest BCUT2D eigenvalue weighted by Crippen LogP contribution is -2.61. The molecule has 39 heteroatoms. The van der Waals surface area contributed by atoms with Gasteiger partial charge in [0.05, 0.1) is 102 Å². The minimum atomic E-state index is -4.48. The molecule has 7 saturated heterocycles. The van der Waals surface area contributed by atoms with Crippen LogP contribution >= 0.6 is 0 Å². The molecule has 2 bridgehead atoms. The van der Waals surface area contributed by atoms with Crippen molar-refractivity contribution >= 4 is 30.2 Å². The molecule has 1 spiro atoms. The second-order valence-corrected chi connectivity index (χ2v) is 42.6. The van der Waals surface area contributed by atoms with Crippen LogP contribution in [0.5, 0.6) is 0 Å². The van der Waals surface area contributed by atoms with Crippen LogP contribution in [0.15, 0.2) is 24.2 Å². The SMILES string of the molecule is CC(C)c1nc(C[C@@H]2CCOC2)cc(C2CCn3c(nnc3C(F)(F)F)C2)n1.CCOC(=O)N1CCC[C@@H]1CCc1nc(C(C)C)nc(-c2c(C)noc2C)c1C.CCOC(=O)N1CC[C@@H](Cc2nc(C(C)C)nc(-c3c(C)noc3C)c2C)[C@@H](F)C1.COC(=O)N1CCC2(CC1)CN(c1nc(C(C)C)nc(-c3c(C)noc3C)c1C)C2.COC(=O)N1[C@@H]2CC[C@H]1CC(Cc1nc(C(C)C)nc(-c3c(C)noc3C)c1C)C2. The molecule has 0 aliphatic carbocycles. The minimum absolute atomic E-state index is 0.0249. The molecule has 18 heterocycles. The molecule has 35 nitrogen and oxygen atoms in total. The molecule has 8 aliphatic rings. The van der Waals surface area contributed by atoms with Gasteiger partial charge in [-0.15, -0.1) is 10.2 Å². The number of aryl methyl sites for hydroxylation is 9. The quantitative estimate of drug-likeness (QED) is 0.0449. The maximum Gasteiger partial charge on any atom is 0.451 e. The third-order valence-electron chi connectivity index (χ3n) is 30.1. The number of carbonyl (C=O) groups is 4. The van der Waals surface area contributed by atoms with Crippen LogP contribution in [-0.4, -0.2) is 240 Å². The number of methoxy groups -OCH3 is 2. The summed E-state index contributed by atoms with van der Waals surface area (Å²) < 4.78 is 102. The van der Waals surface area contributed by atoms with Crippen molar-refractivity contribution in [2.75, 3.05) is 91.4 Å². The number of likely N-dealkylation sites (tertiary alicyclic amines) is 3. The van der Waals surface area contributed by atoms with Gasteiger partial charge in [0.2, 0.25) is 5.82 Å². The molecular weight excluding hydrogens is 1890 g/mol. The third kappa shape index (κ3) is 25.2. The molecule has 0 saturated carbocycles. The van der Waals surface area contributed by atoms with Crippen molar-refractivity contribution in [1.82, 2.24) is 105 Å². The third-order valence-corrected chi connectivity index (χ3v) is 30.1. The molecule has 0 N–H and O–H groups in total. The Bertz CT molecular complexity index is 6170. The Morgan fingerprint density at radius 2 is 0.966 bits per heavy atom. The van der Waals surface area contributed by atoms with Crippen molar-refractivity contribution in [3.8, 4) is 45.0 Å². The number of aromatic nitrogens is 17. The fourth-order valence-electron chi connectivity index (χ4n) is 21.8. The molecule has 798 valence electrons. The van der Waals surface area contributed by atoms with E-state index in [4.69, 9.17) is 91.6 Å². The average Bonchev–Trinajstić information content (AvgIpc) is 1.69. The van der Waals surface area contributed by atoms with Crippen LogP contribution in [-0.2, 0) is 68.5 Å². The number of carbonyl (C=O) groups excluding carboxylic acids is 4. The highest BCUT2D eigenvalue weighted by molar-refractivity contribution is 5.75. The summed E-state index contributed by atoms with van der Waals surface area (Å²) in [6, 6.07) is 2.80. The van der Waals surface area contributed by atoms with Crippen LogP contribution in [0.1, 0.15) is 333 Å². The van der Waals surface area contributed by atoms with Gasteiger partial charge < -0.3 is 70.8 Å². The monoisotopic (exact) mass is 2040 g/mol. The first-order valence-corrected chi connectivity index (χ1v) is 52.5. The van der Waals surface area contributed by atoms with Crippen molar-refractivity contribution < 1.29 is 78.5 Å². The van der Waals surface area contributed by atoms with E-state index in [2.05, 4.69) is 112 Å². The van der Waals surface area contributed by atoms with Crippen molar-refractivity contribution in [1.29, 1.82) is 0 Å². The number of fused-ring (bicyclic) bond motifs is 3. The molecule has 0 aromatic carbocycles. The Morgan fingerprint density at radius 3 is 1.43 bits per heavy atom. The van der Waals surface area contributed by atoms with E-state index in [1.54, 1.807) is 11.8 Å². The summed E-state index contributed by atoms with van der Waals surface area (Å²) >= 11 is 0. The second-order valence-electron chi connectivity index (χ2n) is 42.6. The Morgan fingerprint density at radius 1 is 0.490 bits per heavy atom. The van der Waals surface area contributed by atoms with Crippen molar-refractivity contribution in [3.05, 3.63) is 143 Å². The summed E-state index contributed by atoms with van der Waals surface area (Å²) in [5.74, 6) is 9.36. The van der Waals surface area contributed by atoms with Gasteiger partial charge in [0, 0.05) is 159 Å². The summed E-state index contributed by atoms with van der Waals surface area (Å²) in [6.45, 7) is 55.3. The number of hydrogen-bond donors (Lipinski definition) is 0. The van der Waals surface area contributed by atoms with E-state index in [1.165, 1.54) is 23.7 Å². The minimum Gasteiger partial charge on any atom is -0.453 e. The predicted molar refractivity (Wildman–Crippen MR) is 544 cm³/mol. The zero-order valence-corrected chi connectivity index (χ0v) is 90.7. The van der Waals surface area contributed by atoms with E-state index in [0.717, 1.165) is 300 Å². The van der Waals surface area contributed by atoms with Crippen molar-refractivity contribution in [3.63, 3.8) is 0 Å². The summed E-state index contributed by atoms with van der Waals surface area (Å²) in [5.41, 5.74) is 20.0. The maximum absolute atomic E-state index is 15.0. The van der Waals surface area contributed by atoms with Crippen molar-refractivity contribution in [2.45, 2.75) is 348 Å². The number of halogens is 4. The van der Waals surface area contributed by atoms with E-state index in [9.17, 15) is 36.7 Å². The number of hydrogen-bond acceptors (Lipinski definition) is 30. The van der Waals surface area contributed by atoms with Gasteiger partial charge in [-0.2, -0.15) is 13.2 Å². The number of anilines is 1. The van der Waals surface area contributed by atoms with E-state index < -0.39 is 24.3 Å². The van der Waals surface area contributed by atoms with Gasteiger partial charge in [-0.1, -0.05) is 89.9 Å². The van der Waals surface area contributed by atoms with Crippen molar-refractivity contribution in [2.24, 2.45) is 23.2 Å². The molecule has 8 atom stereocenters. The average molecular weight is 2040 g/mol. The Labute approximate surface area is 859 Å². The fourth-order valence-corrected chi connectivity index (χ4v) is 21.8. The smallest absolute Gasteiger partial charge is 0.451 e.